The van der Waals surface area contributed by atoms with E-state index in [2.05, 4.69) is 65.1 Å². The molecule has 5 nitrogen and oxygen atoms in total. The van der Waals surface area contributed by atoms with Gasteiger partial charge in [0.2, 0.25) is 11.6 Å². The lowest BCUT2D eigenvalue weighted by Crippen LogP contribution is -2.24. The molecule has 3 aromatic rings. The van der Waals surface area contributed by atoms with Crippen LogP contribution in [0.3, 0.4) is 0 Å². The van der Waals surface area contributed by atoms with E-state index >= 15 is 0 Å². The molecule has 1 aromatic heterocycles. The van der Waals surface area contributed by atoms with E-state index < -0.39 is 0 Å². The van der Waals surface area contributed by atoms with Crippen LogP contribution >= 0.6 is 0 Å². The van der Waals surface area contributed by atoms with Crippen LogP contribution in [-0.2, 0) is 0 Å². The maximum atomic E-state index is 7.04. The Morgan fingerprint density at radius 2 is 1.88 bits per heavy atom. The standard InChI is InChI=1S/C19H19N5/c1-12-9-10-15(16-8-6-5-7-14(12)16)13(2)24(4)19-22-11-17(21-3)18(20)23-19/h5-11,13H,1-2,4H3,(H2,20,22,23). The van der Waals surface area contributed by atoms with Crippen LogP contribution in [0, 0.1) is 13.5 Å². The summed E-state index contributed by atoms with van der Waals surface area (Å²) >= 11 is 0. The number of rotatable bonds is 3. The SMILES string of the molecule is [C-]#[N+]c1cnc(N(C)C(C)c2ccc(C)c3ccccc23)nc1N. The van der Waals surface area contributed by atoms with Crippen LogP contribution in [0.15, 0.2) is 42.6 Å². The van der Waals surface area contributed by atoms with Crippen molar-refractivity contribution in [2.24, 2.45) is 0 Å². The number of nitrogen functional groups attached to an aromatic ring is 1. The zero-order valence-corrected chi connectivity index (χ0v) is 14.0. The van der Waals surface area contributed by atoms with Gasteiger partial charge in [-0.15, -0.1) is 0 Å². The first kappa shape index (κ1) is 15.8. The van der Waals surface area contributed by atoms with Crippen LogP contribution in [0.4, 0.5) is 17.5 Å². The van der Waals surface area contributed by atoms with Crippen LogP contribution in [0.5, 0.6) is 0 Å². The first-order valence-electron chi connectivity index (χ1n) is 7.74. The molecule has 5 heteroatoms. The van der Waals surface area contributed by atoms with Crippen molar-refractivity contribution in [3.8, 4) is 0 Å². The Labute approximate surface area is 141 Å². The number of nitrogens with two attached hydrogens (primary N) is 1. The summed E-state index contributed by atoms with van der Waals surface area (Å²) in [5, 5.41) is 2.47. The van der Waals surface area contributed by atoms with Gasteiger partial charge in [-0.1, -0.05) is 36.4 Å². The fourth-order valence-corrected chi connectivity index (χ4v) is 2.85. The molecular formula is C19H19N5. The van der Waals surface area contributed by atoms with Crippen LogP contribution in [0.25, 0.3) is 15.6 Å². The second kappa shape index (κ2) is 6.17. The summed E-state index contributed by atoms with van der Waals surface area (Å²) < 4.78 is 0. The lowest BCUT2D eigenvalue weighted by molar-refractivity contribution is 0.721. The second-order valence-electron chi connectivity index (χ2n) is 5.86. The van der Waals surface area contributed by atoms with Gasteiger partial charge >= 0.3 is 0 Å². The summed E-state index contributed by atoms with van der Waals surface area (Å²) in [5.41, 5.74) is 8.57. The average molecular weight is 317 g/mol. The Kier molecular flexibility index (Phi) is 4.05. The first-order valence-corrected chi connectivity index (χ1v) is 7.74. The molecule has 2 aromatic carbocycles. The second-order valence-corrected chi connectivity index (χ2v) is 5.86. The van der Waals surface area contributed by atoms with Gasteiger partial charge in [0.05, 0.1) is 12.6 Å². The summed E-state index contributed by atoms with van der Waals surface area (Å²) in [4.78, 5) is 13.8. The quantitative estimate of drug-likeness (QED) is 0.733. The predicted octanol–water partition coefficient (Wildman–Crippen LogP) is 4.27. The Balaban J connectivity index is 2.03. The van der Waals surface area contributed by atoms with Gasteiger partial charge < -0.3 is 10.6 Å². The zero-order valence-electron chi connectivity index (χ0n) is 14.0. The molecule has 0 bridgehead atoms. The van der Waals surface area contributed by atoms with Crippen molar-refractivity contribution in [2.75, 3.05) is 17.7 Å². The fraction of sp³-hybridized carbons (Fsp3) is 0.211. The largest absolute Gasteiger partial charge is 0.392 e. The topological polar surface area (TPSA) is 59.4 Å². The lowest BCUT2D eigenvalue weighted by Gasteiger charge is -2.27. The number of aromatic nitrogens is 2. The molecule has 0 saturated heterocycles. The summed E-state index contributed by atoms with van der Waals surface area (Å²) in [6.07, 6.45) is 1.47. The van der Waals surface area contributed by atoms with Gasteiger partial charge in [0, 0.05) is 13.2 Å². The monoisotopic (exact) mass is 317 g/mol. The van der Waals surface area contributed by atoms with Crippen molar-refractivity contribution in [1.29, 1.82) is 0 Å². The molecule has 2 N–H and O–H groups in total. The van der Waals surface area contributed by atoms with E-state index in [-0.39, 0.29) is 17.5 Å². The first-order chi connectivity index (χ1) is 11.5. The third kappa shape index (κ3) is 2.63. The molecule has 0 amide bonds. The van der Waals surface area contributed by atoms with Crippen LogP contribution in [0.1, 0.15) is 24.1 Å². The summed E-state index contributed by atoms with van der Waals surface area (Å²) in [7, 11) is 1.94. The van der Waals surface area contributed by atoms with Gasteiger partial charge in [0.1, 0.15) is 5.82 Å². The zero-order chi connectivity index (χ0) is 17.3. The van der Waals surface area contributed by atoms with Gasteiger partial charge in [-0.25, -0.2) is 14.8 Å². The van der Waals surface area contributed by atoms with Crippen LogP contribution in [-0.4, -0.2) is 17.0 Å². The highest BCUT2D eigenvalue weighted by molar-refractivity contribution is 5.89. The predicted molar refractivity (Wildman–Crippen MR) is 98.2 cm³/mol. The molecule has 120 valence electrons. The minimum Gasteiger partial charge on any atom is -0.392 e. The van der Waals surface area contributed by atoms with E-state index in [0.717, 1.165) is 0 Å². The third-order valence-corrected chi connectivity index (χ3v) is 4.43. The Bertz CT molecular complexity index is 942. The molecule has 0 aliphatic rings. The van der Waals surface area contributed by atoms with Crippen LogP contribution in [0.2, 0.25) is 0 Å². The molecule has 0 aliphatic heterocycles. The molecule has 0 saturated carbocycles. The van der Waals surface area contributed by atoms with Crippen molar-refractivity contribution in [1.82, 2.24) is 9.97 Å². The molecule has 0 fully saturated rings. The maximum absolute atomic E-state index is 7.04. The van der Waals surface area contributed by atoms with Crippen molar-refractivity contribution in [3.63, 3.8) is 0 Å². The number of hydrogen-bond donors (Lipinski definition) is 1. The minimum absolute atomic E-state index is 0.0636. The van der Waals surface area contributed by atoms with Gasteiger partial charge in [-0.3, -0.25) is 0 Å². The van der Waals surface area contributed by atoms with E-state index in [1.807, 2.05) is 11.9 Å². The Hall–Kier alpha value is -3.13. The van der Waals surface area contributed by atoms with E-state index in [1.165, 1.54) is 28.1 Å². The van der Waals surface area contributed by atoms with E-state index in [1.54, 1.807) is 0 Å². The minimum atomic E-state index is 0.0636. The Morgan fingerprint density at radius 3 is 2.54 bits per heavy atom. The molecule has 0 aliphatic carbocycles. The number of aryl methyl sites for hydroxylation is 1. The normalized spacial score (nSPS) is 11.9. The highest BCUT2D eigenvalue weighted by atomic mass is 15.3. The van der Waals surface area contributed by atoms with Gasteiger partial charge in [-0.2, -0.15) is 0 Å². The Morgan fingerprint density at radius 1 is 1.17 bits per heavy atom. The molecule has 24 heavy (non-hydrogen) atoms. The van der Waals surface area contributed by atoms with E-state index in [4.69, 9.17) is 12.3 Å². The van der Waals surface area contributed by atoms with Crippen molar-refractivity contribution in [2.45, 2.75) is 19.9 Å². The summed E-state index contributed by atoms with van der Waals surface area (Å²) in [6, 6.07) is 12.7. The van der Waals surface area contributed by atoms with Gasteiger partial charge in [0.25, 0.3) is 0 Å². The number of fused-ring (bicyclic) bond motifs is 1. The lowest BCUT2D eigenvalue weighted by atomic mass is 9.96. The smallest absolute Gasteiger partial charge is 0.245 e. The number of anilines is 2. The molecule has 1 atom stereocenters. The fourth-order valence-electron chi connectivity index (χ4n) is 2.85. The number of nitrogens with zero attached hydrogens (tertiary/aromatic N) is 4. The van der Waals surface area contributed by atoms with Gasteiger partial charge in [0.15, 0.2) is 0 Å². The van der Waals surface area contributed by atoms with Gasteiger partial charge in [-0.05, 0) is 35.7 Å². The van der Waals surface area contributed by atoms with Crippen molar-refractivity contribution in [3.05, 3.63) is 65.1 Å². The number of benzene rings is 2. The van der Waals surface area contributed by atoms with Crippen molar-refractivity contribution < 1.29 is 0 Å². The molecular weight excluding hydrogens is 298 g/mol. The molecule has 3 rings (SSSR count). The maximum Gasteiger partial charge on any atom is 0.245 e. The highest BCUT2D eigenvalue weighted by Crippen LogP contribution is 2.31. The molecule has 1 unspecified atom stereocenters. The number of hydrogen-bond acceptors (Lipinski definition) is 4. The third-order valence-electron chi connectivity index (χ3n) is 4.43. The average Bonchev–Trinajstić information content (AvgIpc) is 2.61. The van der Waals surface area contributed by atoms with Crippen LogP contribution < -0.4 is 10.6 Å². The summed E-state index contributed by atoms with van der Waals surface area (Å²) in [5.74, 6) is 0.722. The summed E-state index contributed by atoms with van der Waals surface area (Å²) in [6.45, 7) is 11.3. The molecule has 0 spiro atoms. The molecule has 1 heterocycles. The van der Waals surface area contributed by atoms with E-state index in [0.29, 0.717) is 5.95 Å². The highest BCUT2D eigenvalue weighted by Gasteiger charge is 2.18. The van der Waals surface area contributed by atoms with Crippen molar-refractivity contribution >= 4 is 28.2 Å². The van der Waals surface area contributed by atoms with E-state index in [9.17, 15) is 0 Å². The molecule has 0 radical (unpaired) electrons.